The van der Waals surface area contributed by atoms with Crippen molar-refractivity contribution in [2.45, 2.75) is 79.4 Å². The van der Waals surface area contributed by atoms with Gasteiger partial charge in [-0.05, 0) is 13.8 Å². The number of nitrogens with zero attached hydrogens (tertiary/aromatic N) is 3. The summed E-state index contributed by atoms with van der Waals surface area (Å²) < 4.78 is 27.7. The van der Waals surface area contributed by atoms with E-state index in [0.717, 1.165) is 34.6 Å². The molecule has 0 N–H and O–H groups in total. The highest BCUT2D eigenvalue weighted by Crippen LogP contribution is 2.29. The Bertz CT molecular complexity index is 881. The van der Waals surface area contributed by atoms with Crippen LogP contribution in [0.2, 0.25) is 0 Å². The normalized spacial score (nSPS) is 14.3. The van der Waals surface area contributed by atoms with Crippen LogP contribution in [0.15, 0.2) is 0 Å². The summed E-state index contributed by atoms with van der Waals surface area (Å²) >= 11 is 0. The standard InChI is InChI=1S/C20H29N3O10/c1-8-23-10(2)21-20(22-23)19(33-15(7)28)18(32-14(6)27)17(31-13(5)26)16(30-12(4)25)9-29-11(3)24/h16-19H,8-9H2,1-7H3/t16-,17-,18-,19+/m1/s1. The molecular weight excluding hydrogens is 442 g/mol. The Hall–Kier alpha value is -3.51. The molecule has 1 aromatic rings. The van der Waals surface area contributed by atoms with Gasteiger partial charge in [0.15, 0.2) is 24.1 Å². The van der Waals surface area contributed by atoms with Gasteiger partial charge in [0.25, 0.3) is 0 Å². The van der Waals surface area contributed by atoms with E-state index < -0.39 is 60.9 Å². The summed E-state index contributed by atoms with van der Waals surface area (Å²) in [7, 11) is 0. The monoisotopic (exact) mass is 471 g/mol. The molecule has 1 heterocycles. The SMILES string of the molecule is CCn1nc([C@@H](OC(C)=O)[C@H](OC(C)=O)[C@H](OC(C)=O)[C@@H](COC(C)=O)OC(C)=O)nc1C. The summed E-state index contributed by atoms with van der Waals surface area (Å²) in [6.07, 6.45) is -5.96. The van der Waals surface area contributed by atoms with Crippen LogP contribution in [0.4, 0.5) is 0 Å². The first-order valence-electron chi connectivity index (χ1n) is 10.1. The third kappa shape index (κ3) is 8.86. The highest BCUT2D eigenvalue weighted by Gasteiger charge is 2.46. The van der Waals surface area contributed by atoms with Gasteiger partial charge in [-0.25, -0.2) is 4.98 Å². The van der Waals surface area contributed by atoms with Gasteiger partial charge in [0.1, 0.15) is 12.4 Å². The lowest BCUT2D eigenvalue weighted by atomic mass is 10.0. The molecule has 0 bridgehead atoms. The van der Waals surface area contributed by atoms with E-state index >= 15 is 0 Å². The molecule has 1 rings (SSSR count). The van der Waals surface area contributed by atoms with Gasteiger partial charge in [-0.2, -0.15) is 5.10 Å². The molecule has 13 nitrogen and oxygen atoms in total. The summed E-state index contributed by atoms with van der Waals surface area (Å²) in [5.74, 6) is -3.48. The smallest absolute Gasteiger partial charge is 0.303 e. The van der Waals surface area contributed by atoms with Crippen LogP contribution in [0.25, 0.3) is 0 Å². The van der Waals surface area contributed by atoms with Gasteiger partial charge in [-0.1, -0.05) is 0 Å². The minimum Gasteiger partial charge on any atom is -0.462 e. The zero-order valence-electron chi connectivity index (χ0n) is 19.6. The van der Waals surface area contributed by atoms with E-state index in [2.05, 4.69) is 10.1 Å². The van der Waals surface area contributed by atoms with E-state index in [-0.39, 0.29) is 5.82 Å². The average molecular weight is 471 g/mol. The largest absolute Gasteiger partial charge is 0.462 e. The Labute approximate surface area is 190 Å². The van der Waals surface area contributed by atoms with E-state index in [0.29, 0.717) is 12.4 Å². The molecular formula is C20H29N3O10. The molecule has 0 spiro atoms. The number of hydrogen-bond donors (Lipinski definition) is 0. The maximum atomic E-state index is 12.0. The summed E-state index contributed by atoms with van der Waals surface area (Å²) in [5.41, 5.74) is 0. The molecule has 0 saturated carbocycles. The van der Waals surface area contributed by atoms with Gasteiger partial charge in [0.05, 0.1) is 0 Å². The minimum atomic E-state index is -1.55. The zero-order valence-corrected chi connectivity index (χ0v) is 19.6. The lowest BCUT2D eigenvalue weighted by Gasteiger charge is -2.34. The van der Waals surface area contributed by atoms with Crippen molar-refractivity contribution in [3.63, 3.8) is 0 Å². The molecule has 13 heteroatoms. The van der Waals surface area contributed by atoms with E-state index in [1.807, 2.05) is 6.92 Å². The molecule has 0 fully saturated rings. The minimum absolute atomic E-state index is 0.0398. The molecule has 0 aliphatic rings. The quantitative estimate of drug-likeness (QED) is 0.326. The Morgan fingerprint density at radius 3 is 1.73 bits per heavy atom. The van der Waals surface area contributed by atoms with Gasteiger partial charge < -0.3 is 23.7 Å². The van der Waals surface area contributed by atoms with Crippen molar-refractivity contribution in [3.05, 3.63) is 11.6 Å². The van der Waals surface area contributed by atoms with Crippen LogP contribution < -0.4 is 0 Å². The van der Waals surface area contributed by atoms with Gasteiger partial charge in [0.2, 0.25) is 6.10 Å². The van der Waals surface area contributed by atoms with Crippen LogP contribution in [0.5, 0.6) is 0 Å². The third-order valence-electron chi connectivity index (χ3n) is 4.08. The first-order valence-corrected chi connectivity index (χ1v) is 10.1. The van der Waals surface area contributed by atoms with Gasteiger partial charge in [-0.15, -0.1) is 0 Å². The van der Waals surface area contributed by atoms with Gasteiger partial charge in [-0.3, -0.25) is 28.7 Å². The van der Waals surface area contributed by atoms with Crippen molar-refractivity contribution in [1.29, 1.82) is 0 Å². The Morgan fingerprint density at radius 1 is 0.788 bits per heavy atom. The molecule has 1 aromatic heterocycles. The Morgan fingerprint density at radius 2 is 1.30 bits per heavy atom. The molecule has 33 heavy (non-hydrogen) atoms. The first kappa shape index (κ1) is 27.5. The molecule has 0 radical (unpaired) electrons. The van der Waals surface area contributed by atoms with Crippen molar-refractivity contribution in [2.24, 2.45) is 0 Å². The van der Waals surface area contributed by atoms with Crippen molar-refractivity contribution in [2.75, 3.05) is 6.61 Å². The zero-order chi connectivity index (χ0) is 25.3. The maximum absolute atomic E-state index is 12.0. The molecule has 184 valence electrons. The second-order valence-electron chi connectivity index (χ2n) is 6.96. The fraction of sp³-hybridized carbons (Fsp3) is 0.650. The predicted octanol–water partition coefficient (Wildman–Crippen LogP) is 0.569. The van der Waals surface area contributed by atoms with E-state index in [1.165, 1.54) is 4.68 Å². The van der Waals surface area contributed by atoms with Crippen LogP contribution in [0.1, 0.15) is 59.3 Å². The van der Waals surface area contributed by atoms with Crippen LogP contribution in [0, 0.1) is 6.92 Å². The number of aromatic nitrogens is 3. The molecule has 0 aromatic carbocycles. The molecule has 0 aliphatic carbocycles. The number of aryl methyl sites for hydroxylation is 2. The second kappa shape index (κ2) is 12.5. The van der Waals surface area contributed by atoms with Crippen molar-refractivity contribution in [3.8, 4) is 0 Å². The number of hydrogen-bond acceptors (Lipinski definition) is 12. The van der Waals surface area contributed by atoms with Crippen molar-refractivity contribution < 1.29 is 47.7 Å². The summed E-state index contributed by atoms with van der Waals surface area (Å²) in [4.78, 5) is 63.1. The lowest BCUT2D eigenvalue weighted by Crippen LogP contribution is -2.50. The van der Waals surface area contributed by atoms with Crippen LogP contribution in [0.3, 0.4) is 0 Å². The van der Waals surface area contributed by atoms with Crippen molar-refractivity contribution in [1.82, 2.24) is 14.8 Å². The fourth-order valence-electron chi connectivity index (χ4n) is 2.95. The van der Waals surface area contributed by atoms with E-state index in [1.54, 1.807) is 6.92 Å². The molecule has 0 unspecified atom stereocenters. The number of rotatable bonds is 11. The van der Waals surface area contributed by atoms with Crippen LogP contribution in [-0.4, -0.2) is 69.5 Å². The number of esters is 5. The number of carbonyl (C=O) groups is 5. The third-order valence-corrected chi connectivity index (χ3v) is 4.08. The summed E-state index contributed by atoms with van der Waals surface area (Å²) in [6, 6.07) is 0. The number of carbonyl (C=O) groups excluding carboxylic acids is 5. The average Bonchev–Trinajstić information content (AvgIpc) is 3.05. The summed E-state index contributed by atoms with van der Waals surface area (Å²) in [5, 5.41) is 4.27. The predicted molar refractivity (Wildman–Crippen MR) is 108 cm³/mol. The molecule has 0 saturated heterocycles. The van der Waals surface area contributed by atoms with Gasteiger partial charge in [0, 0.05) is 41.2 Å². The van der Waals surface area contributed by atoms with E-state index in [9.17, 15) is 24.0 Å². The number of ether oxygens (including phenoxy) is 5. The lowest BCUT2D eigenvalue weighted by molar-refractivity contribution is -0.204. The Balaban J connectivity index is 3.63. The fourth-order valence-corrected chi connectivity index (χ4v) is 2.95. The topological polar surface area (TPSA) is 162 Å². The van der Waals surface area contributed by atoms with Crippen LogP contribution in [-0.2, 0) is 54.2 Å². The van der Waals surface area contributed by atoms with Gasteiger partial charge >= 0.3 is 29.8 Å². The highest BCUT2D eigenvalue weighted by molar-refractivity contribution is 5.69. The second-order valence-corrected chi connectivity index (χ2v) is 6.96. The summed E-state index contributed by atoms with van der Waals surface area (Å²) in [6.45, 7) is 8.87. The van der Waals surface area contributed by atoms with Crippen LogP contribution >= 0.6 is 0 Å². The first-order chi connectivity index (χ1) is 15.3. The highest BCUT2D eigenvalue weighted by atomic mass is 16.6. The maximum Gasteiger partial charge on any atom is 0.303 e. The Kier molecular flexibility index (Phi) is 10.4. The molecule has 0 aliphatic heterocycles. The van der Waals surface area contributed by atoms with Crippen molar-refractivity contribution >= 4 is 29.8 Å². The molecule has 0 amide bonds. The van der Waals surface area contributed by atoms with E-state index in [4.69, 9.17) is 23.7 Å². The molecule has 4 atom stereocenters.